The molecule has 0 N–H and O–H groups in total. The molecular weight excluding hydrogens is 332 g/mol. The van der Waals surface area contributed by atoms with Crippen LogP contribution in [0.15, 0.2) is 36.5 Å². The molecule has 0 bridgehead atoms. The van der Waals surface area contributed by atoms with Gasteiger partial charge in [0.15, 0.2) is 0 Å². The van der Waals surface area contributed by atoms with E-state index in [1.165, 1.54) is 24.2 Å². The first-order valence-electron chi connectivity index (χ1n) is 8.52. The third-order valence-corrected chi connectivity index (χ3v) is 4.97. The second-order valence-electron chi connectivity index (χ2n) is 5.76. The maximum absolute atomic E-state index is 9.64. The summed E-state index contributed by atoms with van der Waals surface area (Å²) in [5.74, 6) is -0.511. The Morgan fingerprint density at radius 1 is 1.16 bits per heavy atom. The topological polar surface area (TPSA) is 71.7 Å². The Kier molecular flexibility index (Phi) is 5.91. The monoisotopic (exact) mass is 352 g/mol. The zero-order valence-electron chi connectivity index (χ0n) is 14.2. The summed E-state index contributed by atoms with van der Waals surface area (Å²) < 4.78 is 6.70. The Balaban J connectivity index is 1.75. The third-order valence-electron chi connectivity index (χ3n) is 3.87. The largest absolute Gasteiger partial charge is 0.463 e. The Hall–Kier alpha value is -2.52. The Morgan fingerprint density at radius 3 is 2.84 bits per heavy atom. The molecule has 1 aromatic carbocycles. The highest BCUT2D eigenvalue weighted by atomic mass is 32.1. The molecule has 0 fully saturated rings. The molecule has 6 heteroatoms. The van der Waals surface area contributed by atoms with Gasteiger partial charge in [0.05, 0.1) is 28.6 Å². The predicted molar refractivity (Wildman–Crippen MR) is 98.7 cm³/mol. The van der Waals surface area contributed by atoms with E-state index in [4.69, 9.17) is 4.74 Å². The van der Waals surface area contributed by atoms with Crippen molar-refractivity contribution in [3.63, 3.8) is 0 Å². The number of nitrogens with zero attached hydrogens (tertiary/aromatic N) is 4. The molecule has 0 aliphatic rings. The molecule has 5 nitrogen and oxygen atoms in total. The van der Waals surface area contributed by atoms with Crippen LogP contribution in [0.1, 0.15) is 49.2 Å². The van der Waals surface area contributed by atoms with Crippen LogP contribution in [0.4, 0.5) is 0 Å². The number of thiazole rings is 1. The molecule has 2 aromatic heterocycles. The van der Waals surface area contributed by atoms with Gasteiger partial charge in [-0.15, -0.1) is 11.3 Å². The Labute approximate surface area is 151 Å². The molecule has 3 rings (SSSR count). The first-order valence-corrected chi connectivity index (χ1v) is 9.34. The highest BCUT2D eigenvalue weighted by Gasteiger charge is 2.20. The van der Waals surface area contributed by atoms with Crippen LogP contribution in [0.2, 0.25) is 0 Å². The average Bonchev–Trinajstić information content (AvgIpc) is 3.06. The van der Waals surface area contributed by atoms with Crippen LogP contribution in [0.3, 0.4) is 0 Å². The molecule has 128 valence electrons. The molecule has 1 unspecified atom stereocenters. The summed E-state index contributed by atoms with van der Waals surface area (Å²) in [6, 6.07) is 12.3. The van der Waals surface area contributed by atoms with Crippen molar-refractivity contribution in [3.05, 3.63) is 47.2 Å². The van der Waals surface area contributed by atoms with Crippen LogP contribution in [0.5, 0.6) is 6.01 Å². The van der Waals surface area contributed by atoms with Gasteiger partial charge in [0, 0.05) is 6.20 Å². The highest BCUT2D eigenvalue weighted by Crippen LogP contribution is 2.30. The van der Waals surface area contributed by atoms with Gasteiger partial charge in [-0.3, -0.25) is 0 Å². The SMILES string of the molecule is CCCCCCOc1nccc(C(C#N)c2nc3ccccc3s2)n1. The van der Waals surface area contributed by atoms with E-state index < -0.39 is 5.92 Å². The smallest absolute Gasteiger partial charge is 0.316 e. The molecule has 0 aliphatic carbocycles. The van der Waals surface area contributed by atoms with Crippen LogP contribution in [-0.2, 0) is 0 Å². The van der Waals surface area contributed by atoms with Gasteiger partial charge in [-0.1, -0.05) is 38.3 Å². The van der Waals surface area contributed by atoms with Crippen LogP contribution in [-0.4, -0.2) is 21.6 Å². The predicted octanol–water partition coefficient (Wildman–Crippen LogP) is 4.70. The van der Waals surface area contributed by atoms with Crippen LogP contribution in [0.25, 0.3) is 10.2 Å². The maximum Gasteiger partial charge on any atom is 0.316 e. The number of fused-ring (bicyclic) bond motifs is 1. The van der Waals surface area contributed by atoms with Crippen molar-refractivity contribution in [2.45, 2.75) is 38.5 Å². The first-order chi connectivity index (χ1) is 12.3. The molecule has 0 amide bonds. The second kappa shape index (κ2) is 8.54. The summed E-state index contributed by atoms with van der Waals surface area (Å²) >= 11 is 1.52. The van der Waals surface area contributed by atoms with Gasteiger partial charge in [0.2, 0.25) is 0 Å². The van der Waals surface area contributed by atoms with Crippen LogP contribution in [0, 0.1) is 11.3 Å². The number of hydrogen-bond donors (Lipinski definition) is 0. The van der Waals surface area contributed by atoms with Crippen molar-refractivity contribution in [2.24, 2.45) is 0 Å². The molecule has 1 atom stereocenters. The fourth-order valence-electron chi connectivity index (χ4n) is 2.54. The average molecular weight is 352 g/mol. The summed E-state index contributed by atoms with van der Waals surface area (Å²) in [6.45, 7) is 2.78. The zero-order valence-corrected chi connectivity index (χ0v) is 15.0. The minimum Gasteiger partial charge on any atom is -0.463 e. The van der Waals surface area contributed by atoms with Gasteiger partial charge in [0.25, 0.3) is 0 Å². The summed E-state index contributed by atoms with van der Waals surface area (Å²) in [6.07, 6.45) is 6.17. The number of ether oxygens (including phenoxy) is 1. The van der Waals surface area contributed by atoms with Crippen molar-refractivity contribution in [1.82, 2.24) is 15.0 Å². The van der Waals surface area contributed by atoms with E-state index in [-0.39, 0.29) is 0 Å². The van der Waals surface area contributed by atoms with Gasteiger partial charge in [0.1, 0.15) is 10.9 Å². The number of para-hydroxylation sites is 1. The maximum atomic E-state index is 9.64. The van der Waals surface area contributed by atoms with E-state index >= 15 is 0 Å². The standard InChI is InChI=1S/C19H20N4OS/c1-2-3-4-7-12-24-19-21-11-10-15(23-19)14(13-20)18-22-16-8-5-6-9-17(16)25-18/h5-6,8-11,14H,2-4,7,12H2,1H3. The Morgan fingerprint density at radius 2 is 2.04 bits per heavy atom. The lowest BCUT2D eigenvalue weighted by Gasteiger charge is -2.08. The van der Waals surface area contributed by atoms with E-state index in [0.29, 0.717) is 18.3 Å². The molecule has 2 heterocycles. The number of hydrogen-bond acceptors (Lipinski definition) is 6. The number of rotatable bonds is 8. The highest BCUT2D eigenvalue weighted by molar-refractivity contribution is 7.18. The normalized spacial score (nSPS) is 12.0. The lowest BCUT2D eigenvalue weighted by molar-refractivity contribution is 0.280. The minimum atomic E-state index is -0.511. The summed E-state index contributed by atoms with van der Waals surface area (Å²) in [5.41, 5.74) is 1.53. The van der Waals surface area contributed by atoms with Gasteiger partial charge in [-0.25, -0.2) is 9.97 Å². The van der Waals surface area contributed by atoms with Crippen molar-refractivity contribution in [1.29, 1.82) is 5.26 Å². The molecule has 0 saturated carbocycles. The van der Waals surface area contributed by atoms with Gasteiger partial charge >= 0.3 is 6.01 Å². The first kappa shape index (κ1) is 17.3. The van der Waals surface area contributed by atoms with Crippen molar-refractivity contribution < 1.29 is 4.74 Å². The molecular formula is C19H20N4OS. The van der Waals surface area contributed by atoms with E-state index in [2.05, 4.69) is 27.9 Å². The van der Waals surface area contributed by atoms with Gasteiger partial charge < -0.3 is 4.74 Å². The fourth-order valence-corrected chi connectivity index (χ4v) is 3.56. The third kappa shape index (κ3) is 4.31. The van der Waals surface area contributed by atoms with E-state index in [9.17, 15) is 5.26 Å². The van der Waals surface area contributed by atoms with E-state index in [0.717, 1.165) is 28.1 Å². The van der Waals surface area contributed by atoms with E-state index in [1.54, 1.807) is 12.3 Å². The number of unbranched alkanes of at least 4 members (excludes halogenated alkanes) is 3. The quantitative estimate of drug-likeness (QED) is 0.549. The molecule has 0 saturated heterocycles. The molecule has 0 aliphatic heterocycles. The molecule has 3 aromatic rings. The minimum absolute atomic E-state index is 0.329. The zero-order chi connectivity index (χ0) is 17.5. The van der Waals surface area contributed by atoms with Crippen molar-refractivity contribution in [2.75, 3.05) is 6.61 Å². The summed E-state index contributed by atoms with van der Waals surface area (Å²) in [4.78, 5) is 13.2. The van der Waals surface area contributed by atoms with Gasteiger partial charge in [-0.2, -0.15) is 10.2 Å². The Bertz CT molecular complexity index is 838. The second-order valence-corrected chi connectivity index (χ2v) is 6.82. The van der Waals surface area contributed by atoms with E-state index in [1.807, 2.05) is 24.3 Å². The summed E-state index contributed by atoms with van der Waals surface area (Å²) in [5, 5.41) is 10.4. The van der Waals surface area contributed by atoms with Gasteiger partial charge in [-0.05, 0) is 24.6 Å². The molecule has 0 radical (unpaired) electrons. The van der Waals surface area contributed by atoms with Crippen LogP contribution < -0.4 is 4.74 Å². The number of nitriles is 1. The molecule has 25 heavy (non-hydrogen) atoms. The summed E-state index contributed by atoms with van der Waals surface area (Å²) in [7, 11) is 0. The lowest BCUT2D eigenvalue weighted by Crippen LogP contribution is -2.06. The van der Waals surface area contributed by atoms with Crippen molar-refractivity contribution in [3.8, 4) is 12.1 Å². The fraction of sp³-hybridized carbons (Fsp3) is 0.368. The molecule has 0 spiro atoms. The lowest BCUT2D eigenvalue weighted by atomic mass is 10.1. The van der Waals surface area contributed by atoms with Crippen molar-refractivity contribution >= 4 is 21.6 Å². The van der Waals surface area contributed by atoms with Crippen LogP contribution >= 0.6 is 11.3 Å². The number of aromatic nitrogens is 3. The number of benzene rings is 1.